The highest BCUT2D eigenvalue weighted by molar-refractivity contribution is 6.30. The normalized spacial score (nSPS) is 10.6. The molecule has 2 N–H and O–H groups in total. The number of halogens is 1. The van der Waals surface area contributed by atoms with Crippen molar-refractivity contribution in [2.45, 2.75) is 6.54 Å². The number of carboxylic acids is 1. The Kier molecular flexibility index (Phi) is 5.33. The fraction of sp³-hybridized carbons (Fsp3) is 0.0588. The number of carboxylic acid groups (broad SMARTS) is 1. The van der Waals surface area contributed by atoms with Gasteiger partial charge in [-0.2, -0.15) is 0 Å². The van der Waals surface area contributed by atoms with Crippen molar-refractivity contribution in [2.24, 2.45) is 0 Å². The van der Waals surface area contributed by atoms with Gasteiger partial charge in [-0.25, -0.2) is 4.79 Å². The van der Waals surface area contributed by atoms with Crippen molar-refractivity contribution in [3.05, 3.63) is 76.3 Å². The summed E-state index contributed by atoms with van der Waals surface area (Å²) < 4.78 is 0. The summed E-state index contributed by atoms with van der Waals surface area (Å²) in [7, 11) is 0. The van der Waals surface area contributed by atoms with Gasteiger partial charge in [0.2, 0.25) is 5.91 Å². The molecular weight excluding hydrogens is 302 g/mol. The Morgan fingerprint density at radius 3 is 2.55 bits per heavy atom. The second-order valence-corrected chi connectivity index (χ2v) is 5.04. The average Bonchev–Trinajstić information content (AvgIpc) is 2.52. The Bertz CT molecular complexity index is 708. The Balaban J connectivity index is 1.91. The van der Waals surface area contributed by atoms with Gasteiger partial charge in [0.25, 0.3) is 0 Å². The zero-order valence-electron chi connectivity index (χ0n) is 11.6. The summed E-state index contributed by atoms with van der Waals surface area (Å²) in [5, 5.41) is 12.2. The molecule has 0 unspecified atom stereocenters. The van der Waals surface area contributed by atoms with Crippen molar-refractivity contribution in [1.82, 2.24) is 5.32 Å². The van der Waals surface area contributed by atoms with Gasteiger partial charge in [-0.3, -0.25) is 4.79 Å². The van der Waals surface area contributed by atoms with E-state index in [2.05, 4.69) is 5.32 Å². The fourth-order valence-electron chi connectivity index (χ4n) is 1.81. The van der Waals surface area contributed by atoms with E-state index in [1.54, 1.807) is 30.3 Å². The molecule has 0 radical (unpaired) electrons. The lowest BCUT2D eigenvalue weighted by Crippen LogP contribution is -2.20. The molecule has 0 fully saturated rings. The highest BCUT2D eigenvalue weighted by Crippen LogP contribution is 2.10. The molecule has 1 amide bonds. The zero-order valence-corrected chi connectivity index (χ0v) is 12.4. The molecule has 2 aromatic rings. The second-order valence-electron chi connectivity index (χ2n) is 4.61. The maximum absolute atomic E-state index is 11.7. The summed E-state index contributed by atoms with van der Waals surface area (Å²) in [5.41, 5.74) is 1.80. The number of hydrogen-bond donors (Lipinski definition) is 2. The molecule has 0 aromatic heterocycles. The van der Waals surface area contributed by atoms with Gasteiger partial charge in [-0.1, -0.05) is 35.9 Å². The third-order valence-electron chi connectivity index (χ3n) is 2.94. The number of nitrogens with one attached hydrogen (secondary N) is 1. The van der Waals surface area contributed by atoms with E-state index < -0.39 is 5.97 Å². The molecule has 0 aliphatic heterocycles. The lowest BCUT2D eigenvalue weighted by Gasteiger charge is -2.03. The van der Waals surface area contributed by atoms with Crippen molar-refractivity contribution in [3.63, 3.8) is 0 Å². The molecule has 0 bridgehead atoms. The summed E-state index contributed by atoms with van der Waals surface area (Å²) in [6.07, 6.45) is 3.10. The number of aromatic carboxylic acids is 1. The monoisotopic (exact) mass is 315 g/mol. The minimum Gasteiger partial charge on any atom is -0.478 e. The minimum atomic E-state index is -0.990. The second kappa shape index (κ2) is 7.43. The minimum absolute atomic E-state index is 0.198. The van der Waals surface area contributed by atoms with Crippen LogP contribution in [0.3, 0.4) is 0 Å². The molecule has 0 spiro atoms. The standard InChI is InChI=1S/C17H14ClNO3/c18-15-7-4-12(5-8-15)6-9-16(20)19-11-13-2-1-3-14(10-13)17(21)22/h1-10H,11H2,(H,19,20)(H,21,22)/b9-6+. The van der Waals surface area contributed by atoms with Crippen LogP contribution in [0.1, 0.15) is 21.5 Å². The topological polar surface area (TPSA) is 66.4 Å². The van der Waals surface area contributed by atoms with E-state index in [1.165, 1.54) is 18.2 Å². The van der Waals surface area contributed by atoms with E-state index in [0.717, 1.165) is 11.1 Å². The predicted molar refractivity (Wildman–Crippen MR) is 85.7 cm³/mol. The number of benzene rings is 2. The summed E-state index contributed by atoms with van der Waals surface area (Å²) in [6.45, 7) is 0.269. The zero-order chi connectivity index (χ0) is 15.9. The van der Waals surface area contributed by atoms with Gasteiger partial charge in [-0.15, -0.1) is 0 Å². The van der Waals surface area contributed by atoms with Crippen LogP contribution in [-0.4, -0.2) is 17.0 Å². The highest BCUT2D eigenvalue weighted by atomic mass is 35.5. The third-order valence-corrected chi connectivity index (χ3v) is 3.19. The lowest BCUT2D eigenvalue weighted by molar-refractivity contribution is -0.116. The van der Waals surface area contributed by atoms with E-state index in [9.17, 15) is 9.59 Å². The molecule has 2 rings (SSSR count). The summed E-state index contributed by atoms with van der Waals surface area (Å²) in [5.74, 6) is -1.24. The van der Waals surface area contributed by atoms with E-state index in [0.29, 0.717) is 5.02 Å². The quantitative estimate of drug-likeness (QED) is 0.831. The van der Waals surface area contributed by atoms with Crippen molar-refractivity contribution in [3.8, 4) is 0 Å². The van der Waals surface area contributed by atoms with E-state index >= 15 is 0 Å². The molecule has 0 aliphatic carbocycles. The maximum atomic E-state index is 11.7. The number of carbonyl (C=O) groups is 2. The van der Waals surface area contributed by atoms with E-state index in [-0.39, 0.29) is 18.0 Å². The molecule has 0 atom stereocenters. The van der Waals surface area contributed by atoms with Crippen LogP contribution in [0.25, 0.3) is 6.08 Å². The lowest BCUT2D eigenvalue weighted by atomic mass is 10.1. The molecule has 0 aliphatic rings. The van der Waals surface area contributed by atoms with Gasteiger partial charge in [0.1, 0.15) is 0 Å². The SMILES string of the molecule is O=C(/C=C/c1ccc(Cl)cc1)NCc1cccc(C(=O)O)c1. The van der Waals surface area contributed by atoms with Crippen LogP contribution in [0.2, 0.25) is 5.02 Å². The first-order chi connectivity index (χ1) is 10.5. The van der Waals surface area contributed by atoms with Crippen LogP contribution in [0.5, 0.6) is 0 Å². The predicted octanol–water partition coefficient (Wildman–Crippen LogP) is 3.37. The van der Waals surface area contributed by atoms with Crippen LogP contribution in [0.15, 0.2) is 54.6 Å². The number of rotatable bonds is 5. The van der Waals surface area contributed by atoms with Crippen LogP contribution in [-0.2, 0) is 11.3 Å². The Labute approximate surface area is 133 Å². The molecule has 0 heterocycles. The first-order valence-corrected chi connectivity index (χ1v) is 6.96. The fourth-order valence-corrected chi connectivity index (χ4v) is 1.93. The molecule has 4 nitrogen and oxygen atoms in total. The Hall–Kier alpha value is -2.59. The van der Waals surface area contributed by atoms with Crippen LogP contribution in [0, 0.1) is 0 Å². The first kappa shape index (κ1) is 15.8. The molecule has 2 aromatic carbocycles. The number of hydrogen-bond acceptors (Lipinski definition) is 2. The summed E-state index contributed by atoms with van der Waals surface area (Å²) in [6, 6.07) is 13.6. The van der Waals surface area contributed by atoms with Gasteiger partial charge in [0, 0.05) is 17.6 Å². The van der Waals surface area contributed by atoms with Crippen molar-refractivity contribution >= 4 is 29.6 Å². The van der Waals surface area contributed by atoms with Gasteiger partial charge < -0.3 is 10.4 Å². The summed E-state index contributed by atoms with van der Waals surface area (Å²) in [4.78, 5) is 22.6. The van der Waals surface area contributed by atoms with Gasteiger partial charge >= 0.3 is 5.97 Å². The van der Waals surface area contributed by atoms with Gasteiger partial charge in [0.15, 0.2) is 0 Å². The van der Waals surface area contributed by atoms with Crippen LogP contribution >= 0.6 is 11.6 Å². The third kappa shape index (κ3) is 4.75. The van der Waals surface area contributed by atoms with E-state index in [4.69, 9.17) is 16.7 Å². The van der Waals surface area contributed by atoms with Crippen molar-refractivity contribution in [1.29, 1.82) is 0 Å². The number of amides is 1. The average molecular weight is 316 g/mol. The molecule has 112 valence electrons. The number of carbonyl (C=O) groups excluding carboxylic acids is 1. The molecular formula is C17H14ClNO3. The molecule has 5 heteroatoms. The Morgan fingerprint density at radius 2 is 1.86 bits per heavy atom. The smallest absolute Gasteiger partial charge is 0.335 e. The van der Waals surface area contributed by atoms with Gasteiger partial charge in [0.05, 0.1) is 5.56 Å². The summed E-state index contributed by atoms with van der Waals surface area (Å²) >= 11 is 5.78. The Morgan fingerprint density at radius 1 is 1.14 bits per heavy atom. The van der Waals surface area contributed by atoms with Crippen LogP contribution in [0.4, 0.5) is 0 Å². The van der Waals surface area contributed by atoms with Crippen molar-refractivity contribution in [2.75, 3.05) is 0 Å². The van der Waals surface area contributed by atoms with Crippen LogP contribution < -0.4 is 5.32 Å². The first-order valence-electron chi connectivity index (χ1n) is 6.58. The highest BCUT2D eigenvalue weighted by Gasteiger charge is 2.03. The van der Waals surface area contributed by atoms with Crippen molar-refractivity contribution < 1.29 is 14.7 Å². The molecule has 0 saturated heterocycles. The maximum Gasteiger partial charge on any atom is 0.335 e. The molecule has 22 heavy (non-hydrogen) atoms. The van der Waals surface area contributed by atoms with Gasteiger partial charge in [-0.05, 0) is 41.5 Å². The largest absolute Gasteiger partial charge is 0.478 e. The molecule has 0 saturated carbocycles. The van der Waals surface area contributed by atoms with E-state index in [1.807, 2.05) is 12.1 Å².